The highest BCUT2D eigenvalue weighted by Gasteiger charge is 1.99. The molecule has 0 saturated heterocycles. The van der Waals surface area contributed by atoms with Crippen LogP contribution in [0.1, 0.15) is 18.2 Å². The van der Waals surface area contributed by atoms with Crippen molar-refractivity contribution >= 4 is 0 Å². The van der Waals surface area contributed by atoms with Crippen LogP contribution in [0, 0.1) is 0 Å². The molecule has 18 heavy (non-hydrogen) atoms. The molecule has 1 heterocycles. The Morgan fingerprint density at radius 3 is 2.83 bits per heavy atom. The van der Waals surface area contributed by atoms with Crippen molar-refractivity contribution in [3.05, 3.63) is 53.9 Å². The number of methoxy groups -OCH3 is 1. The molecule has 3 heteroatoms. The van der Waals surface area contributed by atoms with Gasteiger partial charge in [0.2, 0.25) is 0 Å². The first-order valence-corrected chi connectivity index (χ1v) is 6.31. The second kappa shape index (κ2) is 6.26. The zero-order chi connectivity index (χ0) is 12.8. The minimum atomic E-state index is 0.853. The van der Waals surface area contributed by atoms with Crippen molar-refractivity contribution in [2.75, 3.05) is 7.11 Å². The Hall–Kier alpha value is -1.74. The quantitative estimate of drug-likeness (QED) is 0.845. The van der Waals surface area contributed by atoms with Gasteiger partial charge < -0.3 is 14.6 Å². The summed E-state index contributed by atoms with van der Waals surface area (Å²) >= 11 is 0. The molecule has 0 amide bonds. The summed E-state index contributed by atoms with van der Waals surface area (Å²) in [6, 6.07) is 12.4. The highest BCUT2D eigenvalue weighted by atomic mass is 16.5. The topological polar surface area (TPSA) is 26.2 Å². The van der Waals surface area contributed by atoms with Gasteiger partial charge in [-0.3, -0.25) is 0 Å². The number of hydrogen-bond donors (Lipinski definition) is 1. The van der Waals surface area contributed by atoms with Crippen LogP contribution in [0.3, 0.4) is 0 Å². The molecule has 1 aromatic heterocycles. The van der Waals surface area contributed by atoms with Gasteiger partial charge >= 0.3 is 0 Å². The Kier molecular flexibility index (Phi) is 4.42. The van der Waals surface area contributed by atoms with Gasteiger partial charge in [0.15, 0.2) is 0 Å². The molecule has 0 radical (unpaired) electrons. The Bertz CT molecular complexity index is 491. The lowest BCUT2D eigenvalue weighted by Crippen LogP contribution is -2.15. The Morgan fingerprint density at radius 1 is 1.17 bits per heavy atom. The number of benzene rings is 1. The maximum absolute atomic E-state index is 5.21. The van der Waals surface area contributed by atoms with E-state index in [2.05, 4.69) is 47.3 Å². The third-order valence-corrected chi connectivity index (χ3v) is 3.03. The van der Waals surface area contributed by atoms with Gasteiger partial charge in [-0.15, -0.1) is 0 Å². The zero-order valence-electron chi connectivity index (χ0n) is 11.0. The van der Waals surface area contributed by atoms with Gasteiger partial charge in [-0.1, -0.05) is 12.1 Å². The Labute approximate surface area is 108 Å². The monoisotopic (exact) mass is 244 g/mol. The molecule has 96 valence electrons. The van der Waals surface area contributed by atoms with E-state index < -0.39 is 0 Å². The van der Waals surface area contributed by atoms with E-state index in [1.165, 1.54) is 11.3 Å². The molecule has 2 aromatic rings. The summed E-state index contributed by atoms with van der Waals surface area (Å²) in [7, 11) is 1.70. The molecule has 0 aliphatic carbocycles. The fourth-order valence-electron chi connectivity index (χ4n) is 2.04. The van der Waals surface area contributed by atoms with Gasteiger partial charge in [0, 0.05) is 31.5 Å². The zero-order valence-corrected chi connectivity index (χ0v) is 11.0. The molecule has 0 aliphatic rings. The van der Waals surface area contributed by atoms with E-state index in [0.29, 0.717) is 0 Å². The minimum absolute atomic E-state index is 0.853. The number of aryl methyl sites for hydroxylation is 1. The molecular formula is C15H20N2O. The van der Waals surface area contributed by atoms with Crippen LogP contribution in [0.25, 0.3) is 0 Å². The van der Waals surface area contributed by atoms with Gasteiger partial charge in [0.25, 0.3) is 0 Å². The summed E-state index contributed by atoms with van der Waals surface area (Å²) in [6.45, 7) is 4.92. The van der Waals surface area contributed by atoms with E-state index in [9.17, 15) is 0 Å². The van der Waals surface area contributed by atoms with Crippen LogP contribution in [-0.2, 0) is 19.6 Å². The summed E-state index contributed by atoms with van der Waals surface area (Å²) in [5.41, 5.74) is 2.56. The van der Waals surface area contributed by atoms with Crippen molar-refractivity contribution in [1.29, 1.82) is 0 Å². The summed E-state index contributed by atoms with van der Waals surface area (Å²) < 4.78 is 7.46. The predicted molar refractivity (Wildman–Crippen MR) is 73.6 cm³/mol. The Balaban J connectivity index is 1.88. The lowest BCUT2D eigenvalue weighted by molar-refractivity contribution is 0.414. The number of ether oxygens (including phenoxy) is 1. The standard InChI is InChI=1S/C15H20N2O/c1-3-17-9-5-7-14(17)12-16-11-13-6-4-8-15(10-13)18-2/h4-10,16H,3,11-12H2,1-2H3. The molecule has 3 nitrogen and oxygen atoms in total. The average Bonchev–Trinajstić information content (AvgIpc) is 2.86. The van der Waals surface area contributed by atoms with Gasteiger partial charge in [-0.05, 0) is 36.8 Å². The van der Waals surface area contributed by atoms with Crippen molar-refractivity contribution in [3.8, 4) is 5.75 Å². The molecule has 1 aromatic carbocycles. The molecule has 0 spiro atoms. The maximum Gasteiger partial charge on any atom is 0.119 e. The van der Waals surface area contributed by atoms with E-state index in [1.54, 1.807) is 7.11 Å². The van der Waals surface area contributed by atoms with Crippen molar-refractivity contribution in [2.45, 2.75) is 26.6 Å². The number of hydrogen-bond acceptors (Lipinski definition) is 2. The summed E-state index contributed by atoms with van der Waals surface area (Å²) in [4.78, 5) is 0. The van der Waals surface area contributed by atoms with Crippen LogP contribution >= 0.6 is 0 Å². The van der Waals surface area contributed by atoms with Crippen LogP contribution in [0.15, 0.2) is 42.6 Å². The first kappa shape index (κ1) is 12.7. The minimum Gasteiger partial charge on any atom is -0.497 e. The summed E-state index contributed by atoms with van der Waals surface area (Å²) in [5.74, 6) is 0.909. The highest BCUT2D eigenvalue weighted by Crippen LogP contribution is 2.12. The van der Waals surface area contributed by atoms with Crippen molar-refractivity contribution in [2.24, 2.45) is 0 Å². The van der Waals surface area contributed by atoms with Gasteiger partial charge in [0.1, 0.15) is 5.75 Å². The third kappa shape index (κ3) is 3.14. The van der Waals surface area contributed by atoms with Gasteiger partial charge in [-0.25, -0.2) is 0 Å². The molecule has 0 unspecified atom stereocenters. The number of nitrogens with zero attached hydrogens (tertiary/aromatic N) is 1. The summed E-state index contributed by atoms with van der Waals surface area (Å²) in [5, 5.41) is 3.45. The first-order chi connectivity index (χ1) is 8.83. The summed E-state index contributed by atoms with van der Waals surface area (Å²) in [6.07, 6.45) is 2.11. The number of nitrogens with one attached hydrogen (secondary N) is 1. The number of aromatic nitrogens is 1. The third-order valence-electron chi connectivity index (χ3n) is 3.03. The van der Waals surface area contributed by atoms with Crippen LogP contribution in [0.4, 0.5) is 0 Å². The van der Waals surface area contributed by atoms with Crippen LogP contribution < -0.4 is 10.1 Å². The number of rotatable bonds is 6. The van der Waals surface area contributed by atoms with Gasteiger partial charge in [0.05, 0.1) is 7.11 Å². The molecule has 0 saturated carbocycles. The average molecular weight is 244 g/mol. The fourth-order valence-corrected chi connectivity index (χ4v) is 2.04. The van der Waals surface area contributed by atoms with E-state index in [0.717, 1.165) is 25.4 Å². The van der Waals surface area contributed by atoms with Crippen LogP contribution in [-0.4, -0.2) is 11.7 Å². The highest BCUT2D eigenvalue weighted by molar-refractivity contribution is 5.28. The molecule has 0 atom stereocenters. The van der Waals surface area contributed by atoms with E-state index >= 15 is 0 Å². The van der Waals surface area contributed by atoms with E-state index in [4.69, 9.17) is 4.74 Å². The fraction of sp³-hybridized carbons (Fsp3) is 0.333. The predicted octanol–water partition coefficient (Wildman–Crippen LogP) is 2.81. The largest absolute Gasteiger partial charge is 0.497 e. The molecular weight excluding hydrogens is 224 g/mol. The van der Waals surface area contributed by atoms with Gasteiger partial charge in [-0.2, -0.15) is 0 Å². The maximum atomic E-state index is 5.21. The smallest absolute Gasteiger partial charge is 0.119 e. The second-order valence-electron chi connectivity index (χ2n) is 4.24. The van der Waals surface area contributed by atoms with Crippen LogP contribution in [0.5, 0.6) is 5.75 Å². The molecule has 0 bridgehead atoms. The Morgan fingerprint density at radius 2 is 2.06 bits per heavy atom. The molecule has 0 aliphatic heterocycles. The van der Waals surface area contributed by atoms with E-state index in [1.807, 2.05) is 12.1 Å². The van der Waals surface area contributed by atoms with Crippen LogP contribution in [0.2, 0.25) is 0 Å². The lowest BCUT2D eigenvalue weighted by Gasteiger charge is -2.09. The molecule has 1 N–H and O–H groups in total. The first-order valence-electron chi connectivity index (χ1n) is 6.31. The lowest BCUT2D eigenvalue weighted by atomic mass is 10.2. The molecule has 2 rings (SSSR count). The molecule has 0 fully saturated rings. The normalized spacial score (nSPS) is 10.6. The second-order valence-corrected chi connectivity index (χ2v) is 4.24. The van der Waals surface area contributed by atoms with E-state index in [-0.39, 0.29) is 0 Å². The van der Waals surface area contributed by atoms with Crippen molar-refractivity contribution in [1.82, 2.24) is 9.88 Å². The SMILES string of the molecule is CCn1cccc1CNCc1cccc(OC)c1. The van der Waals surface area contributed by atoms with Crippen molar-refractivity contribution < 1.29 is 4.74 Å². The van der Waals surface area contributed by atoms with Crippen molar-refractivity contribution in [3.63, 3.8) is 0 Å².